The van der Waals surface area contributed by atoms with Gasteiger partial charge in [0.15, 0.2) is 0 Å². The summed E-state index contributed by atoms with van der Waals surface area (Å²) in [5.41, 5.74) is 0.446. The van der Waals surface area contributed by atoms with Crippen LogP contribution in [0.25, 0.3) is 5.52 Å². The van der Waals surface area contributed by atoms with Crippen molar-refractivity contribution in [3.63, 3.8) is 0 Å². The van der Waals surface area contributed by atoms with Gasteiger partial charge in [-0.2, -0.15) is 5.10 Å². The second-order valence-corrected chi connectivity index (χ2v) is 5.82. The molecular weight excluding hydrogens is 268 g/mol. The minimum atomic E-state index is -0.288. The summed E-state index contributed by atoms with van der Waals surface area (Å²) >= 11 is 0. The van der Waals surface area contributed by atoms with Crippen LogP contribution in [0, 0.1) is 5.92 Å². The molecule has 1 fully saturated rings. The van der Waals surface area contributed by atoms with Gasteiger partial charge >= 0.3 is 5.69 Å². The number of hydrogen-bond acceptors (Lipinski definition) is 3. The van der Waals surface area contributed by atoms with E-state index in [1.54, 1.807) is 18.5 Å². The number of fused-ring (bicyclic) bond motifs is 1. The molecule has 1 aliphatic rings. The van der Waals surface area contributed by atoms with Crippen LogP contribution in [0.1, 0.15) is 32.6 Å². The maximum Gasteiger partial charge on any atom is 0.349 e. The lowest BCUT2D eigenvalue weighted by atomic mass is 9.86. The van der Waals surface area contributed by atoms with Crippen molar-refractivity contribution in [3.8, 4) is 0 Å². The third kappa shape index (κ3) is 2.84. The lowest BCUT2D eigenvalue weighted by molar-refractivity contribution is -0.123. The molecule has 0 radical (unpaired) electrons. The predicted molar refractivity (Wildman–Crippen MR) is 79.0 cm³/mol. The van der Waals surface area contributed by atoms with E-state index in [2.05, 4.69) is 17.3 Å². The molecule has 6 heteroatoms. The van der Waals surface area contributed by atoms with Crippen LogP contribution in [0.3, 0.4) is 0 Å². The van der Waals surface area contributed by atoms with Crippen LogP contribution in [0.4, 0.5) is 0 Å². The number of nitrogens with zero attached hydrogens (tertiary/aromatic N) is 3. The normalized spacial score (nSPS) is 22.3. The van der Waals surface area contributed by atoms with E-state index in [4.69, 9.17) is 0 Å². The first-order valence-corrected chi connectivity index (χ1v) is 7.48. The zero-order chi connectivity index (χ0) is 14.8. The van der Waals surface area contributed by atoms with Gasteiger partial charge in [0.1, 0.15) is 6.54 Å². The lowest BCUT2D eigenvalue weighted by Crippen LogP contribution is -2.44. The molecule has 2 atom stereocenters. The van der Waals surface area contributed by atoms with Gasteiger partial charge in [-0.15, -0.1) is 0 Å². The Bertz CT molecular complexity index is 703. The smallest absolute Gasteiger partial charge is 0.349 e. The molecule has 1 aliphatic carbocycles. The van der Waals surface area contributed by atoms with Gasteiger partial charge in [0.25, 0.3) is 0 Å². The Morgan fingerprint density at radius 2 is 2.24 bits per heavy atom. The highest BCUT2D eigenvalue weighted by Crippen LogP contribution is 2.23. The summed E-state index contributed by atoms with van der Waals surface area (Å²) in [6.45, 7) is 2.14. The number of rotatable bonds is 3. The molecule has 1 saturated carbocycles. The number of amides is 1. The zero-order valence-corrected chi connectivity index (χ0v) is 12.2. The van der Waals surface area contributed by atoms with Crippen molar-refractivity contribution in [1.82, 2.24) is 19.5 Å². The van der Waals surface area contributed by atoms with Gasteiger partial charge in [-0.1, -0.05) is 19.8 Å². The standard InChI is InChI=1S/C15H20N4O2/c1-11-5-2-3-7-13(11)17-14(20)10-19-15(21)18-8-4-6-12(18)9-16-19/h4,6,8-9,11,13H,2-3,5,7,10H2,1H3,(H,17,20)/t11-,13+/m0/s1. The third-order valence-corrected chi connectivity index (χ3v) is 4.29. The number of carbonyl (C=O) groups is 1. The lowest BCUT2D eigenvalue weighted by Gasteiger charge is -2.29. The molecule has 6 nitrogen and oxygen atoms in total. The van der Waals surface area contributed by atoms with Gasteiger partial charge in [-0.25, -0.2) is 9.48 Å². The molecule has 3 rings (SSSR count). The van der Waals surface area contributed by atoms with Crippen LogP contribution in [-0.4, -0.2) is 26.1 Å². The summed E-state index contributed by atoms with van der Waals surface area (Å²) in [7, 11) is 0. The van der Waals surface area contributed by atoms with Gasteiger partial charge in [-0.05, 0) is 30.9 Å². The maximum atomic E-state index is 12.2. The van der Waals surface area contributed by atoms with Crippen molar-refractivity contribution in [3.05, 3.63) is 35.0 Å². The highest BCUT2D eigenvalue weighted by Gasteiger charge is 2.23. The van der Waals surface area contributed by atoms with E-state index in [1.165, 1.54) is 15.5 Å². The Morgan fingerprint density at radius 1 is 1.43 bits per heavy atom. The second-order valence-electron chi connectivity index (χ2n) is 5.82. The average molecular weight is 288 g/mol. The van der Waals surface area contributed by atoms with Crippen LogP contribution < -0.4 is 11.0 Å². The average Bonchev–Trinajstić information content (AvgIpc) is 2.94. The topological polar surface area (TPSA) is 68.4 Å². The summed E-state index contributed by atoms with van der Waals surface area (Å²) in [6.07, 6.45) is 7.83. The monoisotopic (exact) mass is 288 g/mol. The molecule has 21 heavy (non-hydrogen) atoms. The molecule has 2 aromatic heterocycles. The van der Waals surface area contributed by atoms with Gasteiger partial charge in [0.2, 0.25) is 5.91 Å². The van der Waals surface area contributed by atoms with E-state index in [1.807, 2.05) is 6.07 Å². The number of hydrogen-bond donors (Lipinski definition) is 1. The van der Waals surface area contributed by atoms with Crippen molar-refractivity contribution in [1.29, 1.82) is 0 Å². The molecule has 0 bridgehead atoms. The molecule has 2 aromatic rings. The molecule has 0 spiro atoms. The quantitative estimate of drug-likeness (QED) is 0.922. The third-order valence-electron chi connectivity index (χ3n) is 4.29. The molecule has 2 heterocycles. The first-order valence-electron chi connectivity index (χ1n) is 7.48. The predicted octanol–water partition coefficient (Wildman–Crippen LogP) is 1.19. The molecule has 0 aliphatic heterocycles. The zero-order valence-electron chi connectivity index (χ0n) is 12.2. The molecule has 1 amide bonds. The minimum Gasteiger partial charge on any atom is -0.351 e. The van der Waals surface area contributed by atoms with Crippen LogP contribution in [0.5, 0.6) is 0 Å². The number of aromatic nitrogens is 3. The fourth-order valence-corrected chi connectivity index (χ4v) is 3.00. The number of nitrogens with one attached hydrogen (secondary N) is 1. The van der Waals surface area contributed by atoms with Crippen molar-refractivity contribution < 1.29 is 4.79 Å². The van der Waals surface area contributed by atoms with Crippen LogP contribution in [-0.2, 0) is 11.3 Å². The van der Waals surface area contributed by atoms with E-state index in [0.717, 1.165) is 24.8 Å². The van der Waals surface area contributed by atoms with Crippen molar-refractivity contribution in [2.24, 2.45) is 5.92 Å². The van der Waals surface area contributed by atoms with Gasteiger partial charge < -0.3 is 5.32 Å². The van der Waals surface area contributed by atoms with E-state index in [0.29, 0.717) is 5.92 Å². The molecular formula is C15H20N4O2. The number of carbonyl (C=O) groups excluding carboxylic acids is 1. The van der Waals surface area contributed by atoms with Gasteiger partial charge in [0.05, 0.1) is 11.7 Å². The fraction of sp³-hybridized carbons (Fsp3) is 0.533. The first kappa shape index (κ1) is 13.9. The van der Waals surface area contributed by atoms with E-state index in [-0.39, 0.29) is 24.2 Å². The molecule has 112 valence electrons. The van der Waals surface area contributed by atoms with Crippen LogP contribution >= 0.6 is 0 Å². The second kappa shape index (κ2) is 5.71. The Hall–Kier alpha value is -2.11. The first-order chi connectivity index (χ1) is 10.1. The van der Waals surface area contributed by atoms with Gasteiger partial charge in [0, 0.05) is 12.2 Å². The Balaban J connectivity index is 1.71. The van der Waals surface area contributed by atoms with Gasteiger partial charge in [-0.3, -0.25) is 9.20 Å². The van der Waals surface area contributed by atoms with Crippen LogP contribution in [0.15, 0.2) is 29.3 Å². The Labute approximate surface area is 122 Å². The molecule has 1 N–H and O–H groups in total. The SMILES string of the molecule is C[C@H]1CCCC[C@H]1NC(=O)Cn1ncc2cccn2c1=O. The maximum absolute atomic E-state index is 12.2. The summed E-state index contributed by atoms with van der Waals surface area (Å²) in [4.78, 5) is 24.3. The van der Waals surface area contributed by atoms with Crippen LogP contribution in [0.2, 0.25) is 0 Å². The fourth-order valence-electron chi connectivity index (χ4n) is 3.00. The van der Waals surface area contributed by atoms with Crippen molar-refractivity contribution in [2.75, 3.05) is 0 Å². The Kier molecular flexibility index (Phi) is 3.77. The largest absolute Gasteiger partial charge is 0.351 e. The Morgan fingerprint density at radius 3 is 3.05 bits per heavy atom. The minimum absolute atomic E-state index is 0.0316. The summed E-state index contributed by atoms with van der Waals surface area (Å²) in [6, 6.07) is 3.81. The summed E-state index contributed by atoms with van der Waals surface area (Å²) in [5.74, 6) is 0.356. The van der Waals surface area contributed by atoms with Crippen molar-refractivity contribution >= 4 is 11.4 Å². The summed E-state index contributed by atoms with van der Waals surface area (Å²) < 4.78 is 2.69. The highest BCUT2D eigenvalue weighted by atomic mass is 16.2. The highest BCUT2D eigenvalue weighted by molar-refractivity contribution is 5.76. The molecule has 0 unspecified atom stereocenters. The van der Waals surface area contributed by atoms with E-state index >= 15 is 0 Å². The molecule has 0 aromatic carbocycles. The van der Waals surface area contributed by atoms with E-state index in [9.17, 15) is 9.59 Å². The van der Waals surface area contributed by atoms with E-state index < -0.39 is 0 Å². The van der Waals surface area contributed by atoms with Crippen molar-refractivity contribution in [2.45, 2.75) is 45.2 Å². The molecule has 0 saturated heterocycles. The summed E-state index contributed by atoms with van der Waals surface area (Å²) in [5, 5.41) is 7.09.